The molecule has 0 aromatic carbocycles. The number of hydrogen-bond donors (Lipinski definition) is 3. The van der Waals surface area contributed by atoms with Gasteiger partial charge in [0, 0.05) is 6.54 Å². The molecule has 5 nitrogen and oxygen atoms in total. The summed E-state index contributed by atoms with van der Waals surface area (Å²) >= 11 is 0. The average molecular weight is 252 g/mol. The van der Waals surface area contributed by atoms with Crippen LogP contribution in [0.4, 0.5) is 5.69 Å². The zero-order chi connectivity index (χ0) is 13.8. The Morgan fingerprint density at radius 3 is 2.67 bits per heavy atom. The molecule has 1 heterocycles. The molecule has 0 unspecified atom stereocenters. The van der Waals surface area contributed by atoms with Crippen LogP contribution < -0.4 is 11.1 Å². The van der Waals surface area contributed by atoms with Crippen LogP contribution in [-0.4, -0.2) is 22.6 Å². The van der Waals surface area contributed by atoms with Crippen molar-refractivity contribution in [2.24, 2.45) is 5.41 Å². The Morgan fingerprint density at radius 2 is 2.11 bits per heavy atom. The van der Waals surface area contributed by atoms with Crippen molar-refractivity contribution in [1.29, 1.82) is 0 Å². The van der Waals surface area contributed by atoms with E-state index in [-0.39, 0.29) is 11.3 Å². The molecule has 0 saturated carbocycles. The van der Waals surface area contributed by atoms with Gasteiger partial charge in [-0.25, -0.2) is 0 Å². The van der Waals surface area contributed by atoms with Crippen molar-refractivity contribution in [2.75, 3.05) is 12.3 Å². The first-order chi connectivity index (χ1) is 8.41. The Labute approximate surface area is 109 Å². The van der Waals surface area contributed by atoms with E-state index in [2.05, 4.69) is 43.2 Å². The smallest absolute Gasteiger partial charge is 0.273 e. The summed E-state index contributed by atoms with van der Waals surface area (Å²) in [5, 5.41) is 9.71. The first-order valence-corrected chi connectivity index (χ1v) is 6.52. The Hall–Kier alpha value is -1.52. The molecule has 1 rings (SSSR count). The predicted octanol–water partition coefficient (Wildman–Crippen LogP) is 2.11. The van der Waals surface area contributed by atoms with Gasteiger partial charge >= 0.3 is 0 Å². The van der Waals surface area contributed by atoms with Gasteiger partial charge in [-0.1, -0.05) is 34.1 Å². The van der Waals surface area contributed by atoms with E-state index in [4.69, 9.17) is 5.73 Å². The van der Waals surface area contributed by atoms with Gasteiger partial charge in [0.25, 0.3) is 5.91 Å². The molecular formula is C13H24N4O. The van der Waals surface area contributed by atoms with Crippen molar-refractivity contribution in [2.45, 2.75) is 47.0 Å². The molecule has 102 valence electrons. The molecule has 18 heavy (non-hydrogen) atoms. The van der Waals surface area contributed by atoms with Crippen molar-refractivity contribution < 1.29 is 4.79 Å². The maximum atomic E-state index is 12.0. The molecule has 1 aromatic rings. The number of aryl methyl sites for hydroxylation is 1. The number of aromatic nitrogens is 2. The Balaban J connectivity index is 2.67. The number of rotatable bonds is 6. The highest BCUT2D eigenvalue weighted by Crippen LogP contribution is 2.19. The fraction of sp³-hybridized carbons (Fsp3) is 0.692. The standard InChI is InChI=1S/C13H24N4O/c1-5-7-9-10(14)11(17-16-9)12(18)15-8-13(3,4)6-2/h5-8,14H2,1-4H3,(H,15,18)(H,16,17). The molecule has 1 aromatic heterocycles. The number of nitrogens with zero attached hydrogens (tertiary/aromatic N) is 1. The molecule has 0 fully saturated rings. The molecule has 0 radical (unpaired) electrons. The zero-order valence-electron chi connectivity index (χ0n) is 11.8. The number of nitrogens with two attached hydrogens (primary N) is 1. The third kappa shape index (κ3) is 3.48. The first-order valence-electron chi connectivity index (χ1n) is 6.52. The van der Waals surface area contributed by atoms with Crippen molar-refractivity contribution in [3.8, 4) is 0 Å². The van der Waals surface area contributed by atoms with Crippen LogP contribution in [0.1, 0.15) is 56.7 Å². The number of hydrogen-bond acceptors (Lipinski definition) is 3. The highest BCUT2D eigenvalue weighted by Gasteiger charge is 2.20. The quantitative estimate of drug-likeness (QED) is 0.725. The van der Waals surface area contributed by atoms with Gasteiger partial charge in [-0.2, -0.15) is 5.10 Å². The first kappa shape index (κ1) is 14.5. The van der Waals surface area contributed by atoms with Crippen molar-refractivity contribution in [3.05, 3.63) is 11.4 Å². The van der Waals surface area contributed by atoms with Crippen LogP contribution >= 0.6 is 0 Å². The summed E-state index contributed by atoms with van der Waals surface area (Å²) in [5.74, 6) is -0.201. The van der Waals surface area contributed by atoms with E-state index in [1.165, 1.54) is 0 Å². The van der Waals surface area contributed by atoms with Gasteiger partial charge in [0.2, 0.25) is 0 Å². The molecule has 0 aliphatic rings. The highest BCUT2D eigenvalue weighted by atomic mass is 16.1. The lowest BCUT2D eigenvalue weighted by molar-refractivity contribution is 0.0931. The van der Waals surface area contributed by atoms with Crippen LogP contribution in [0.25, 0.3) is 0 Å². The van der Waals surface area contributed by atoms with Gasteiger partial charge < -0.3 is 11.1 Å². The highest BCUT2D eigenvalue weighted by molar-refractivity contribution is 5.97. The summed E-state index contributed by atoms with van der Waals surface area (Å²) < 4.78 is 0. The third-order valence-corrected chi connectivity index (χ3v) is 3.28. The van der Waals surface area contributed by atoms with E-state index in [1.54, 1.807) is 0 Å². The van der Waals surface area contributed by atoms with E-state index >= 15 is 0 Å². The van der Waals surface area contributed by atoms with Gasteiger partial charge in [0.1, 0.15) is 0 Å². The predicted molar refractivity (Wildman–Crippen MR) is 73.4 cm³/mol. The van der Waals surface area contributed by atoms with Crippen LogP contribution in [0.3, 0.4) is 0 Å². The second kappa shape index (κ2) is 5.89. The number of carbonyl (C=O) groups excluding carboxylic acids is 1. The van der Waals surface area contributed by atoms with Crippen LogP contribution in [0.15, 0.2) is 0 Å². The molecule has 0 aliphatic carbocycles. The second-order valence-electron chi connectivity index (χ2n) is 5.41. The number of nitrogens with one attached hydrogen (secondary N) is 2. The molecule has 0 saturated heterocycles. The Kier molecular flexibility index (Phi) is 4.76. The Bertz CT molecular complexity index is 409. The second-order valence-corrected chi connectivity index (χ2v) is 5.41. The van der Waals surface area contributed by atoms with Gasteiger partial charge in [0.05, 0.1) is 11.4 Å². The topological polar surface area (TPSA) is 83.8 Å². The number of anilines is 1. The maximum Gasteiger partial charge on any atom is 0.273 e. The minimum atomic E-state index is -0.201. The largest absolute Gasteiger partial charge is 0.395 e. The minimum absolute atomic E-state index is 0.0903. The van der Waals surface area contributed by atoms with E-state index in [0.717, 1.165) is 25.0 Å². The van der Waals surface area contributed by atoms with Gasteiger partial charge in [0.15, 0.2) is 5.69 Å². The van der Waals surface area contributed by atoms with Crippen molar-refractivity contribution >= 4 is 11.6 Å². The van der Waals surface area contributed by atoms with Crippen molar-refractivity contribution in [1.82, 2.24) is 15.5 Å². The fourth-order valence-corrected chi connectivity index (χ4v) is 1.53. The van der Waals surface area contributed by atoms with Crippen LogP contribution in [0.5, 0.6) is 0 Å². The van der Waals surface area contributed by atoms with Crippen LogP contribution in [0.2, 0.25) is 0 Å². The lowest BCUT2D eigenvalue weighted by atomic mass is 9.90. The summed E-state index contributed by atoms with van der Waals surface area (Å²) in [6.07, 6.45) is 2.79. The third-order valence-electron chi connectivity index (χ3n) is 3.28. The number of nitrogen functional groups attached to an aromatic ring is 1. The summed E-state index contributed by atoms with van der Waals surface area (Å²) in [6, 6.07) is 0. The van der Waals surface area contributed by atoms with Crippen LogP contribution in [0, 0.1) is 5.41 Å². The molecular weight excluding hydrogens is 228 g/mol. The molecule has 0 aliphatic heterocycles. The maximum absolute atomic E-state index is 12.0. The van der Waals surface area contributed by atoms with E-state index < -0.39 is 0 Å². The molecule has 4 N–H and O–H groups in total. The average Bonchev–Trinajstić information content (AvgIpc) is 2.69. The molecule has 0 bridgehead atoms. The van der Waals surface area contributed by atoms with Gasteiger partial charge in [-0.05, 0) is 18.3 Å². The molecule has 0 spiro atoms. The number of amides is 1. The summed E-state index contributed by atoms with van der Waals surface area (Å²) in [7, 11) is 0. The fourth-order valence-electron chi connectivity index (χ4n) is 1.53. The number of carbonyl (C=O) groups is 1. The molecule has 1 amide bonds. The summed E-state index contributed by atoms with van der Waals surface area (Å²) in [4.78, 5) is 12.0. The Morgan fingerprint density at radius 1 is 1.44 bits per heavy atom. The minimum Gasteiger partial charge on any atom is -0.395 e. The number of aromatic amines is 1. The zero-order valence-corrected chi connectivity index (χ0v) is 11.8. The van der Waals surface area contributed by atoms with E-state index in [1.807, 2.05) is 0 Å². The van der Waals surface area contributed by atoms with Crippen molar-refractivity contribution in [3.63, 3.8) is 0 Å². The molecule has 0 atom stereocenters. The van der Waals surface area contributed by atoms with Gasteiger partial charge in [-0.15, -0.1) is 0 Å². The lowest BCUT2D eigenvalue weighted by Crippen LogP contribution is -2.34. The number of H-pyrrole nitrogens is 1. The van der Waals surface area contributed by atoms with E-state index in [0.29, 0.717) is 17.9 Å². The summed E-state index contributed by atoms with van der Waals surface area (Å²) in [6.45, 7) is 9.02. The van der Waals surface area contributed by atoms with Gasteiger partial charge in [-0.3, -0.25) is 9.89 Å². The van der Waals surface area contributed by atoms with Crippen LogP contribution in [-0.2, 0) is 6.42 Å². The monoisotopic (exact) mass is 252 g/mol. The SMILES string of the molecule is CCCc1[nH]nc(C(=O)NCC(C)(C)CC)c1N. The normalized spacial score (nSPS) is 11.6. The molecule has 5 heteroatoms. The van der Waals surface area contributed by atoms with E-state index in [9.17, 15) is 4.79 Å². The summed E-state index contributed by atoms with van der Waals surface area (Å²) in [5.41, 5.74) is 7.63. The lowest BCUT2D eigenvalue weighted by Gasteiger charge is -2.22.